The average Bonchev–Trinajstić information content (AvgIpc) is 2.69. The number of carbonyl (C=O) groups is 1. The first-order chi connectivity index (χ1) is 6.74. The lowest BCUT2D eigenvalue weighted by Gasteiger charge is -2.08. The molecule has 14 heavy (non-hydrogen) atoms. The molecule has 0 aliphatic rings. The summed E-state index contributed by atoms with van der Waals surface area (Å²) in [6.07, 6.45) is 5.42. The third-order valence-corrected chi connectivity index (χ3v) is 2.92. The van der Waals surface area contributed by atoms with Crippen LogP contribution in [0.25, 0.3) is 0 Å². The lowest BCUT2D eigenvalue weighted by molar-refractivity contribution is -0.139. The molecular formula is C9H14N2O2S. The summed E-state index contributed by atoms with van der Waals surface area (Å²) < 4.78 is 6.60. The van der Waals surface area contributed by atoms with Crippen molar-refractivity contribution in [3.05, 3.63) is 18.7 Å². The van der Waals surface area contributed by atoms with Crippen molar-refractivity contribution in [1.29, 1.82) is 0 Å². The smallest absolute Gasteiger partial charge is 0.318 e. The van der Waals surface area contributed by atoms with Crippen LogP contribution in [0.4, 0.5) is 0 Å². The standard InChI is InChI=1S/C9H14N2O2S/c1-8(9(12)13-2)14-6-5-11-4-3-10-7-11/h3-4,7-8H,5-6H2,1-2H3/t8-/m1/s1. The van der Waals surface area contributed by atoms with Gasteiger partial charge in [-0.2, -0.15) is 0 Å². The third-order valence-electron chi connectivity index (χ3n) is 1.81. The molecule has 0 radical (unpaired) electrons. The second-order valence-electron chi connectivity index (χ2n) is 2.84. The second-order valence-corrected chi connectivity index (χ2v) is 4.29. The van der Waals surface area contributed by atoms with Crippen LogP contribution in [-0.2, 0) is 16.1 Å². The lowest BCUT2D eigenvalue weighted by atomic mass is 10.5. The molecule has 1 aromatic heterocycles. The molecule has 0 amide bonds. The zero-order valence-corrected chi connectivity index (χ0v) is 9.16. The Hall–Kier alpha value is -0.970. The van der Waals surface area contributed by atoms with Crippen LogP contribution in [0.15, 0.2) is 18.7 Å². The molecule has 0 saturated carbocycles. The number of esters is 1. The van der Waals surface area contributed by atoms with Crippen LogP contribution in [0.2, 0.25) is 0 Å². The Morgan fingerprint density at radius 3 is 3.07 bits per heavy atom. The molecule has 78 valence electrons. The summed E-state index contributed by atoms with van der Waals surface area (Å²) in [5, 5.41) is -0.0940. The fourth-order valence-corrected chi connectivity index (χ4v) is 1.89. The Morgan fingerprint density at radius 2 is 2.50 bits per heavy atom. The highest BCUT2D eigenvalue weighted by molar-refractivity contribution is 8.00. The molecule has 0 unspecified atom stereocenters. The number of ether oxygens (including phenoxy) is 1. The van der Waals surface area contributed by atoms with Crippen LogP contribution in [0.1, 0.15) is 6.92 Å². The van der Waals surface area contributed by atoms with Crippen LogP contribution in [0, 0.1) is 0 Å². The SMILES string of the molecule is COC(=O)[C@@H](C)SCCn1ccnc1. The van der Waals surface area contributed by atoms with Crippen LogP contribution < -0.4 is 0 Å². The van der Waals surface area contributed by atoms with Gasteiger partial charge in [0.2, 0.25) is 0 Å². The molecule has 0 aromatic carbocycles. The fraction of sp³-hybridized carbons (Fsp3) is 0.556. The van der Waals surface area contributed by atoms with Crippen molar-refractivity contribution >= 4 is 17.7 Å². The first-order valence-electron chi connectivity index (χ1n) is 4.39. The molecule has 0 saturated heterocycles. The van der Waals surface area contributed by atoms with E-state index < -0.39 is 0 Å². The maximum Gasteiger partial charge on any atom is 0.318 e. The summed E-state index contributed by atoms with van der Waals surface area (Å²) in [6, 6.07) is 0. The van der Waals surface area contributed by atoms with Gasteiger partial charge < -0.3 is 9.30 Å². The van der Waals surface area contributed by atoms with Crippen LogP contribution >= 0.6 is 11.8 Å². The minimum Gasteiger partial charge on any atom is -0.468 e. The van der Waals surface area contributed by atoms with Crippen molar-refractivity contribution in [2.45, 2.75) is 18.7 Å². The topological polar surface area (TPSA) is 44.1 Å². The Morgan fingerprint density at radius 1 is 1.71 bits per heavy atom. The molecule has 0 aliphatic carbocycles. The molecule has 5 heteroatoms. The summed E-state index contributed by atoms with van der Waals surface area (Å²) >= 11 is 1.58. The number of aryl methyl sites for hydroxylation is 1. The predicted molar refractivity (Wildman–Crippen MR) is 56.2 cm³/mol. The molecule has 0 bridgehead atoms. The van der Waals surface area contributed by atoms with Gasteiger partial charge in [0.1, 0.15) is 0 Å². The fourth-order valence-electron chi connectivity index (χ4n) is 0.988. The molecule has 0 fully saturated rings. The maximum atomic E-state index is 11.0. The Balaban J connectivity index is 2.18. The summed E-state index contributed by atoms with van der Waals surface area (Å²) in [7, 11) is 1.41. The van der Waals surface area contributed by atoms with Gasteiger partial charge in [0.15, 0.2) is 0 Å². The average molecular weight is 214 g/mol. The van der Waals surface area contributed by atoms with Crippen molar-refractivity contribution in [2.75, 3.05) is 12.9 Å². The number of imidazole rings is 1. The number of carbonyl (C=O) groups excluding carboxylic acids is 1. The minimum absolute atomic E-state index is 0.0940. The number of aromatic nitrogens is 2. The van der Waals surface area contributed by atoms with Gasteiger partial charge in [0.05, 0.1) is 18.7 Å². The molecular weight excluding hydrogens is 200 g/mol. The Kier molecular flexibility index (Phi) is 4.52. The van der Waals surface area contributed by atoms with Crippen molar-refractivity contribution in [3.63, 3.8) is 0 Å². The van der Waals surface area contributed by atoms with Gasteiger partial charge in [0, 0.05) is 24.7 Å². The quantitative estimate of drug-likeness (QED) is 0.690. The van der Waals surface area contributed by atoms with E-state index in [0.717, 1.165) is 12.3 Å². The van der Waals surface area contributed by atoms with Gasteiger partial charge in [-0.05, 0) is 6.92 Å². The first kappa shape index (κ1) is 11.1. The predicted octanol–water partition coefficient (Wildman–Crippen LogP) is 1.18. The molecule has 0 aliphatic heterocycles. The van der Waals surface area contributed by atoms with E-state index in [1.54, 1.807) is 24.3 Å². The number of hydrogen-bond donors (Lipinski definition) is 0. The van der Waals surface area contributed by atoms with E-state index in [0.29, 0.717) is 0 Å². The van der Waals surface area contributed by atoms with Gasteiger partial charge in [0.25, 0.3) is 0 Å². The molecule has 0 spiro atoms. The number of hydrogen-bond acceptors (Lipinski definition) is 4. The number of nitrogens with zero attached hydrogens (tertiary/aromatic N) is 2. The van der Waals surface area contributed by atoms with E-state index >= 15 is 0 Å². The highest BCUT2D eigenvalue weighted by atomic mass is 32.2. The van der Waals surface area contributed by atoms with Crippen molar-refractivity contribution < 1.29 is 9.53 Å². The van der Waals surface area contributed by atoms with E-state index in [1.165, 1.54) is 7.11 Å². The zero-order valence-electron chi connectivity index (χ0n) is 8.34. The molecule has 1 aromatic rings. The summed E-state index contributed by atoms with van der Waals surface area (Å²) in [6.45, 7) is 2.72. The van der Waals surface area contributed by atoms with E-state index in [9.17, 15) is 4.79 Å². The van der Waals surface area contributed by atoms with Crippen LogP contribution in [-0.4, -0.2) is 33.6 Å². The van der Waals surface area contributed by atoms with Gasteiger partial charge >= 0.3 is 5.97 Å². The van der Waals surface area contributed by atoms with Crippen molar-refractivity contribution in [3.8, 4) is 0 Å². The highest BCUT2D eigenvalue weighted by Gasteiger charge is 2.12. The van der Waals surface area contributed by atoms with Crippen molar-refractivity contribution in [1.82, 2.24) is 9.55 Å². The zero-order chi connectivity index (χ0) is 10.4. The number of thioether (sulfide) groups is 1. The van der Waals surface area contributed by atoms with Crippen LogP contribution in [0.3, 0.4) is 0 Å². The summed E-state index contributed by atoms with van der Waals surface area (Å²) in [5.41, 5.74) is 0. The van der Waals surface area contributed by atoms with Gasteiger partial charge in [-0.15, -0.1) is 11.8 Å². The molecule has 1 atom stereocenters. The van der Waals surface area contributed by atoms with Crippen LogP contribution in [0.5, 0.6) is 0 Å². The van der Waals surface area contributed by atoms with E-state index in [-0.39, 0.29) is 11.2 Å². The molecule has 0 N–H and O–H groups in total. The second kappa shape index (κ2) is 5.70. The maximum absolute atomic E-state index is 11.0. The Bertz CT molecular complexity index is 274. The van der Waals surface area contributed by atoms with E-state index in [4.69, 9.17) is 0 Å². The summed E-state index contributed by atoms with van der Waals surface area (Å²) in [4.78, 5) is 15.0. The molecule has 4 nitrogen and oxygen atoms in total. The number of methoxy groups -OCH3 is 1. The Labute approximate surface area is 87.7 Å². The number of rotatable bonds is 5. The molecule has 1 rings (SSSR count). The van der Waals surface area contributed by atoms with Gasteiger partial charge in [-0.3, -0.25) is 4.79 Å². The minimum atomic E-state index is -0.166. The van der Waals surface area contributed by atoms with E-state index in [2.05, 4.69) is 9.72 Å². The largest absolute Gasteiger partial charge is 0.468 e. The lowest BCUT2D eigenvalue weighted by Crippen LogP contribution is -2.16. The first-order valence-corrected chi connectivity index (χ1v) is 5.44. The third kappa shape index (κ3) is 3.41. The summed E-state index contributed by atoms with van der Waals surface area (Å²) in [5.74, 6) is 0.715. The van der Waals surface area contributed by atoms with Gasteiger partial charge in [-0.1, -0.05) is 0 Å². The highest BCUT2D eigenvalue weighted by Crippen LogP contribution is 2.11. The van der Waals surface area contributed by atoms with Gasteiger partial charge in [-0.25, -0.2) is 4.98 Å². The van der Waals surface area contributed by atoms with E-state index in [1.807, 2.05) is 17.7 Å². The monoisotopic (exact) mass is 214 g/mol. The normalized spacial score (nSPS) is 12.4. The van der Waals surface area contributed by atoms with Crippen molar-refractivity contribution in [2.24, 2.45) is 0 Å². The molecule has 1 heterocycles.